The van der Waals surface area contributed by atoms with E-state index in [1.165, 1.54) is 17.0 Å². The summed E-state index contributed by atoms with van der Waals surface area (Å²) in [5, 5.41) is 2.95. The fraction of sp³-hybridized carbons (Fsp3) is 0.394. The molecular weight excluding hydrogens is 550 g/mol. The number of amides is 2. The van der Waals surface area contributed by atoms with E-state index in [9.17, 15) is 18.0 Å². The van der Waals surface area contributed by atoms with Crippen molar-refractivity contribution in [1.82, 2.24) is 10.2 Å². The maximum absolute atomic E-state index is 14.2. The number of hydrogen-bond acceptors (Lipinski definition) is 5. The van der Waals surface area contributed by atoms with Gasteiger partial charge in [-0.1, -0.05) is 62.7 Å². The van der Waals surface area contributed by atoms with Crippen LogP contribution in [0.15, 0.2) is 77.7 Å². The Labute approximate surface area is 250 Å². The number of rotatable bonds is 14. The minimum absolute atomic E-state index is 0.0713. The number of hydrogen-bond donors (Lipinski definition) is 1. The van der Waals surface area contributed by atoms with Gasteiger partial charge in [-0.2, -0.15) is 0 Å². The van der Waals surface area contributed by atoms with E-state index in [0.29, 0.717) is 31.0 Å². The second kappa shape index (κ2) is 14.9. The zero-order valence-corrected chi connectivity index (χ0v) is 26.3. The lowest BCUT2D eigenvalue weighted by Crippen LogP contribution is -2.52. The minimum Gasteiger partial charge on any atom is -0.494 e. The van der Waals surface area contributed by atoms with E-state index in [4.69, 9.17) is 4.74 Å². The lowest BCUT2D eigenvalue weighted by Gasteiger charge is -2.33. The maximum atomic E-state index is 14.2. The lowest BCUT2D eigenvalue weighted by atomic mass is 10.1. The van der Waals surface area contributed by atoms with Crippen molar-refractivity contribution in [2.75, 3.05) is 24.0 Å². The van der Waals surface area contributed by atoms with Crippen LogP contribution in [0.4, 0.5) is 5.69 Å². The molecule has 3 rings (SSSR count). The van der Waals surface area contributed by atoms with Crippen LogP contribution in [0.25, 0.3) is 0 Å². The molecule has 0 saturated carbocycles. The Morgan fingerprint density at radius 1 is 0.905 bits per heavy atom. The van der Waals surface area contributed by atoms with Gasteiger partial charge < -0.3 is 15.0 Å². The Morgan fingerprint density at radius 2 is 1.55 bits per heavy atom. The summed E-state index contributed by atoms with van der Waals surface area (Å²) in [4.78, 5) is 29.1. The topological polar surface area (TPSA) is 96.0 Å². The number of benzene rings is 3. The molecule has 2 amide bonds. The van der Waals surface area contributed by atoms with Crippen molar-refractivity contribution >= 4 is 27.5 Å². The number of aryl methyl sites for hydroxylation is 2. The van der Waals surface area contributed by atoms with Crippen molar-refractivity contribution < 1.29 is 22.7 Å². The normalized spacial score (nSPS) is 12.1. The average molecular weight is 594 g/mol. The first-order valence-corrected chi connectivity index (χ1v) is 15.9. The van der Waals surface area contributed by atoms with Crippen molar-refractivity contribution in [2.24, 2.45) is 5.92 Å². The highest BCUT2D eigenvalue weighted by Crippen LogP contribution is 2.27. The zero-order valence-electron chi connectivity index (χ0n) is 25.5. The number of anilines is 1. The van der Waals surface area contributed by atoms with Gasteiger partial charge in [0.15, 0.2) is 0 Å². The van der Waals surface area contributed by atoms with Crippen molar-refractivity contribution in [1.29, 1.82) is 0 Å². The van der Waals surface area contributed by atoms with Crippen LogP contribution < -0.4 is 14.4 Å². The fourth-order valence-corrected chi connectivity index (χ4v) is 5.97. The van der Waals surface area contributed by atoms with Gasteiger partial charge in [-0.3, -0.25) is 13.9 Å². The molecule has 0 bridgehead atoms. The monoisotopic (exact) mass is 593 g/mol. The third-order valence-electron chi connectivity index (χ3n) is 7.00. The van der Waals surface area contributed by atoms with E-state index >= 15 is 0 Å². The van der Waals surface area contributed by atoms with Gasteiger partial charge in [-0.25, -0.2) is 8.42 Å². The Hall–Kier alpha value is -3.85. The minimum atomic E-state index is -4.14. The van der Waals surface area contributed by atoms with Gasteiger partial charge in [-0.05, 0) is 80.6 Å². The molecule has 1 N–H and O–H groups in total. The van der Waals surface area contributed by atoms with Crippen molar-refractivity contribution in [3.05, 3.63) is 89.5 Å². The Bertz CT molecular complexity index is 1440. The molecule has 0 unspecified atom stereocenters. The maximum Gasteiger partial charge on any atom is 0.264 e. The second-order valence-corrected chi connectivity index (χ2v) is 12.6. The van der Waals surface area contributed by atoms with Gasteiger partial charge in [0.2, 0.25) is 11.8 Å². The van der Waals surface area contributed by atoms with E-state index in [2.05, 4.69) is 5.32 Å². The highest BCUT2D eigenvalue weighted by atomic mass is 32.2. The summed E-state index contributed by atoms with van der Waals surface area (Å²) in [7, 11) is -4.14. The van der Waals surface area contributed by atoms with E-state index in [1.54, 1.807) is 36.4 Å². The molecule has 0 aliphatic carbocycles. The first-order valence-electron chi connectivity index (χ1n) is 14.4. The summed E-state index contributed by atoms with van der Waals surface area (Å²) in [6.07, 6.45) is 0.370. The SMILES string of the molecule is CCOc1ccc(N(CC(=O)N(Cc2ccccc2C)[C@@H](CC)C(=O)NCC(C)C)S(=O)(=O)c2ccc(C)cc2)cc1. The van der Waals surface area contributed by atoms with Crippen LogP contribution in [-0.2, 0) is 26.2 Å². The van der Waals surface area contributed by atoms with Crippen molar-refractivity contribution in [2.45, 2.75) is 65.4 Å². The Balaban J connectivity index is 2.06. The lowest BCUT2D eigenvalue weighted by molar-refractivity contribution is -0.140. The molecule has 3 aromatic rings. The number of carbonyl (C=O) groups excluding carboxylic acids is 2. The predicted molar refractivity (Wildman–Crippen MR) is 167 cm³/mol. The second-order valence-electron chi connectivity index (χ2n) is 10.8. The summed E-state index contributed by atoms with van der Waals surface area (Å²) < 4.78 is 34.7. The largest absolute Gasteiger partial charge is 0.494 e. The first-order chi connectivity index (χ1) is 20.0. The molecular formula is C33H43N3O5S. The van der Waals surface area contributed by atoms with E-state index < -0.39 is 28.5 Å². The molecule has 0 spiro atoms. The third kappa shape index (κ3) is 8.35. The van der Waals surface area contributed by atoms with Crippen molar-refractivity contribution in [3.63, 3.8) is 0 Å². The standard InChI is InChI=1S/C33H43N3O5S/c1-7-31(33(38)34-21-24(3)4)35(22-27-12-10-9-11-26(27)6)32(37)23-36(28-15-17-29(18-16-28)41-8-2)42(39,40)30-19-13-25(5)14-20-30/h9-20,24,31H,7-8,21-23H2,1-6H3,(H,34,38)/t31-/m0/s1. The molecule has 3 aromatic carbocycles. The van der Waals surface area contributed by atoms with Crippen LogP contribution >= 0.6 is 0 Å². The molecule has 0 aliphatic rings. The number of ether oxygens (including phenoxy) is 1. The number of nitrogens with zero attached hydrogens (tertiary/aromatic N) is 2. The molecule has 0 aliphatic heterocycles. The van der Waals surface area contributed by atoms with Gasteiger partial charge in [-0.15, -0.1) is 0 Å². The van der Waals surface area contributed by atoms with Crippen LogP contribution in [0.1, 0.15) is 50.8 Å². The molecule has 0 heterocycles. The van der Waals surface area contributed by atoms with Gasteiger partial charge in [0.25, 0.3) is 10.0 Å². The van der Waals surface area contributed by atoms with Crippen LogP contribution in [0, 0.1) is 19.8 Å². The van der Waals surface area contributed by atoms with Crippen LogP contribution in [0.2, 0.25) is 0 Å². The zero-order chi connectivity index (χ0) is 30.9. The molecule has 0 radical (unpaired) electrons. The smallest absolute Gasteiger partial charge is 0.264 e. The third-order valence-corrected chi connectivity index (χ3v) is 8.78. The van der Waals surface area contributed by atoms with Crippen LogP contribution in [0.5, 0.6) is 5.75 Å². The Kier molecular flexibility index (Phi) is 11.6. The molecule has 9 heteroatoms. The van der Waals surface area contributed by atoms with Gasteiger partial charge >= 0.3 is 0 Å². The summed E-state index contributed by atoms with van der Waals surface area (Å²) >= 11 is 0. The predicted octanol–water partition coefficient (Wildman–Crippen LogP) is 5.48. The summed E-state index contributed by atoms with van der Waals surface area (Å²) in [5.74, 6) is 0.0904. The van der Waals surface area contributed by atoms with Gasteiger partial charge in [0.1, 0.15) is 18.3 Å². The van der Waals surface area contributed by atoms with Gasteiger partial charge in [0, 0.05) is 13.1 Å². The van der Waals surface area contributed by atoms with Crippen molar-refractivity contribution in [3.8, 4) is 5.75 Å². The van der Waals surface area contributed by atoms with Gasteiger partial charge in [0.05, 0.1) is 17.2 Å². The van der Waals surface area contributed by atoms with E-state index in [1.807, 2.05) is 65.8 Å². The number of nitrogens with one attached hydrogen (secondary N) is 1. The summed E-state index contributed by atoms with van der Waals surface area (Å²) in [5.41, 5.74) is 3.10. The fourth-order valence-electron chi connectivity index (χ4n) is 4.55. The molecule has 1 atom stereocenters. The molecule has 42 heavy (non-hydrogen) atoms. The molecule has 0 saturated heterocycles. The number of sulfonamides is 1. The molecule has 0 fully saturated rings. The Morgan fingerprint density at radius 3 is 2.12 bits per heavy atom. The highest BCUT2D eigenvalue weighted by Gasteiger charge is 2.34. The first kappa shape index (κ1) is 32.7. The summed E-state index contributed by atoms with van der Waals surface area (Å²) in [6.45, 7) is 12.2. The molecule has 8 nitrogen and oxygen atoms in total. The summed E-state index contributed by atoms with van der Waals surface area (Å²) in [6, 6.07) is 20.0. The number of carbonyl (C=O) groups is 2. The molecule has 226 valence electrons. The quantitative estimate of drug-likeness (QED) is 0.267. The highest BCUT2D eigenvalue weighted by molar-refractivity contribution is 7.92. The molecule has 0 aromatic heterocycles. The van der Waals surface area contributed by atoms with E-state index in [0.717, 1.165) is 21.0 Å². The van der Waals surface area contributed by atoms with Crippen LogP contribution in [-0.4, -0.2) is 50.9 Å². The average Bonchev–Trinajstić information content (AvgIpc) is 2.96. The van der Waals surface area contributed by atoms with E-state index in [-0.39, 0.29) is 23.3 Å². The van der Waals surface area contributed by atoms with Crippen LogP contribution in [0.3, 0.4) is 0 Å².